The second-order valence-electron chi connectivity index (χ2n) is 6.27. The molecule has 0 atom stereocenters. The highest BCUT2D eigenvalue weighted by molar-refractivity contribution is 5.97. The SMILES string of the molecule is CC(C)(C)c1ccc(NC(=O)C2(CN)CC2)cc1. The summed E-state index contributed by atoms with van der Waals surface area (Å²) in [5.41, 5.74) is 7.61. The highest BCUT2D eigenvalue weighted by atomic mass is 16.2. The quantitative estimate of drug-likeness (QED) is 0.861. The Labute approximate surface area is 109 Å². The van der Waals surface area contributed by atoms with Crippen molar-refractivity contribution >= 4 is 11.6 Å². The van der Waals surface area contributed by atoms with E-state index in [2.05, 4.69) is 38.2 Å². The topological polar surface area (TPSA) is 55.1 Å². The minimum atomic E-state index is -0.289. The molecular weight excluding hydrogens is 224 g/mol. The minimum absolute atomic E-state index is 0.0634. The van der Waals surface area contributed by atoms with Crippen LogP contribution in [0.4, 0.5) is 5.69 Å². The van der Waals surface area contributed by atoms with Crippen molar-refractivity contribution in [2.24, 2.45) is 11.1 Å². The Hall–Kier alpha value is -1.35. The van der Waals surface area contributed by atoms with Gasteiger partial charge in [0.25, 0.3) is 0 Å². The molecule has 1 aliphatic rings. The Balaban J connectivity index is 2.05. The van der Waals surface area contributed by atoms with Gasteiger partial charge in [-0.1, -0.05) is 32.9 Å². The zero-order valence-corrected chi connectivity index (χ0v) is 11.4. The van der Waals surface area contributed by atoms with E-state index in [1.54, 1.807) is 0 Å². The summed E-state index contributed by atoms with van der Waals surface area (Å²) in [6.07, 6.45) is 1.82. The van der Waals surface area contributed by atoms with Gasteiger partial charge in [-0.2, -0.15) is 0 Å². The van der Waals surface area contributed by atoms with E-state index in [-0.39, 0.29) is 16.7 Å². The molecule has 0 spiro atoms. The minimum Gasteiger partial charge on any atom is -0.329 e. The van der Waals surface area contributed by atoms with Gasteiger partial charge in [-0.05, 0) is 36.0 Å². The molecule has 3 nitrogen and oxygen atoms in total. The van der Waals surface area contributed by atoms with Crippen LogP contribution in [0, 0.1) is 5.41 Å². The van der Waals surface area contributed by atoms with E-state index in [0.29, 0.717) is 6.54 Å². The second kappa shape index (κ2) is 4.39. The molecule has 3 N–H and O–H groups in total. The first kappa shape index (κ1) is 13.1. The summed E-state index contributed by atoms with van der Waals surface area (Å²) in [4.78, 5) is 12.0. The van der Waals surface area contributed by atoms with Crippen LogP contribution in [0.3, 0.4) is 0 Å². The van der Waals surface area contributed by atoms with E-state index in [1.165, 1.54) is 5.56 Å². The molecule has 1 aromatic carbocycles. The monoisotopic (exact) mass is 246 g/mol. The van der Waals surface area contributed by atoms with E-state index in [9.17, 15) is 4.79 Å². The lowest BCUT2D eigenvalue weighted by atomic mass is 9.87. The van der Waals surface area contributed by atoms with Crippen LogP contribution in [-0.2, 0) is 10.2 Å². The van der Waals surface area contributed by atoms with Crippen molar-refractivity contribution in [3.05, 3.63) is 29.8 Å². The van der Waals surface area contributed by atoms with E-state index in [0.717, 1.165) is 18.5 Å². The van der Waals surface area contributed by atoms with Crippen molar-refractivity contribution in [2.45, 2.75) is 39.0 Å². The molecule has 0 aliphatic heterocycles. The molecule has 1 saturated carbocycles. The van der Waals surface area contributed by atoms with Gasteiger partial charge in [0.2, 0.25) is 5.91 Å². The maximum atomic E-state index is 12.0. The number of hydrogen-bond acceptors (Lipinski definition) is 2. The number of hydrogen-bond donors (Lipinski definition) is 2. The zero-order valence-electron chi connectivity index (χ0n) is 11.4. The molecule has 0 heterocycles. The molecule has 0 unspecified atom stereocenters. The van der Waals surface area contributed by atoms with Crippen LogP contribution >= 0.6 is 0 Å². The van der Waals surface area contributed by atoms with Crippen LogP contribution < -0.4 is 11.1 Å². The molecule has 3 heteroatoms. The van der Waals surface area contributed by atoms with Crippen molar-refractivity contribution in [3.63, 3.8) is 0 Å². The number of anilines is 1. The third kappa shape index (κ3) is 2.56. The van der Waals surface area contributed by atoms with Crippen LogP contribution in [0.5, 0.6) is 0 Å². The highest BCUT2D eigenvalue weighted by Gasteiger charge is 2.48. The van der Waals surface area contributed by atoms with Crippen molar-refractivity contribution in [3.8, 4) is 0 Å². The van der Waals surface area contributed by atoms with Crippen LogP contribution in [-0.4, -0.2) is 12.5 Å². The Bertz CT molecular complexity index is 439. The van der Waals surface area contributed by atoms with Gasteiger partial charge in [0.15, 0.2) is 0 Å². The summed E-state index contributed by atoms with van der Waals surface area (Å²) in [5.74, 6) is 0.0634. The third-order valence-electron chi connectivity index (χ3n) is 3.73. The first-order valence-electron chi connectivity index (χ1n) is 6.49. The van der Waals surface area contributed by atoms with Gasteiger partial charge in [0.1, 0.15) is 0 Å². The highest BCUT2D eigenvalue weighted by Crippen LogP contribution is 2.45. The predicted octanol–water partition coefficient (Wildman–Crippen LogP) is 2.66. The number of nitrogens with one attached hydrogen (secondary N) is 1. The number of amides is 1. The first-order chi connectivity index (χ1) is 8.37. The number of rotatable bonds is 3. The van der Waals surface area contributed by atoms with Crippen molar-refractivity contribution in [1.82, 2.24) is 0 Å². The molecule has 0 saturated heterocycles. The summed E-state index contributed by atoms with van der Waals surface area (Å²) < 4.78 is 0. The average molecular weight is 246 g/mol. The van der Waals surface area contributed by atoms with Crippen molar-refractivity contribution in [1.29, 1.82) is 0 Å². The maximum absolute atomic E-state index is 12.0. The van der Waals surface area contributed by atoms with E-state index >= 15 is 0 Å². The van der Waals surface area contributed by atoms with E-state index in [4.69, 9.17) is 5.73 Å². The Morgan fingerprint density at radius 2 is 1.83 bits per heavy atom. The largest absolute Gasteiger partial charge is 0.329 e. The Morgan fingerprint density at radius 3 is 2.22 bits per heavy atom. The van der Waals surface area contributed by atoms with Crippen molar-refractivity contribution in [2.75, 3.05) is 11.9 Å². The van der Waals surface area contributed by atoms with E-state index < -0.39 is 0 Å². The molecule has 1 aromatic rings. The van der Waals surface area contributed by atoms with Gasteiger partial charge in [-0.25, -0.2) is 0 Å². The fourth-order valence-electron chi connectivity index (χ4n) is 1.99. The van der Waals surface area contributed by atoms with Crippen LogP contribution in [0.2, 0.25) is 0 Å². The summed E-state index contributed by atoms with van der Waals surface area (Å²) in [5, 5.41) is 2.96. The number of carbonyl (C=O) groups is 1. The van der Waals surface area contributed by atoms with Crippen LogP contribution in [0.1, 0.15) is 39.2 Å². The first-order valence-corrected chi connectivity index (χ1v) is 6.49. The average Bonchev–Trinajstić information content (AvgIpc) is 3.09. The van der Waals surface area contributed by atoms with Gasteiger partial charge in [-0.15, -0.1) is 0 Å². The second-order valence-corrected chi connectivity index (χ2v) is 6.27. The molecule has 98 valence electrons. The maximum Gasteiger partial charge on any atom is 0.231 e. The molecule has 1 fully saturated rings. The standard InChI is InChI=1S/C15H22N2O/c1-14(2,3)11-4-6-12(7-5-11)17-13(18)15(10-16)8-9-15/h4-7H,8-10,16H2,1-3H3,(H,17,18). The Kier molecular flexibility index (Phi) is 3.20. The molecular formula is C15H22N2O. The molecule has 18 heavy (non-hydrogen) atoms. The molecule has 0 bridgehead atoms. The Morgan fingerprint density at radius 1 is 1.28 bits per heavy atom. The lowest BCUT2D eigenvalue weighted by molar-refractivity contribution is -0.120. The lowest BCUT2D eigenvalue weighted by Crippen LogP contribution is -2.30. The summed E-state index contributed by atoms with van der Waals surface area (Å²) >= 11 is 0. The summed E-state index contributed by atoms with van der Waals surface area (Å²) in [7, 11) is 0. The summed E-state index contributed by atoms with van der Waals surface area (Å²) in [6, 6.07) is 8.06. The zero-order chi connectivity index (χ0) is 13.4. The van der Waals surface area contributed by atoms with Gasteiger partial charge in [0.05, 0.1) is 5.41 Å². The van der Waals surface area contributed by atoms with Crippen LogP contribution in [0.15, 0.2) is 24.3 Å². The fraction of sp³-hybridized carbons (Fsp3) is 0.533. The molecule has 0 radical (unpaired) electrons. The van der Waals surface area contributed by atoms with E-state index in [1.807, 2.05) is 12.1 Å². The molecule has 2 rings (SSSR count). The normalized spacial score (nSPS) is 17.3. The smallest absolute Gasteiger partial charge is 0.231 e. The summed E-state index contributed by atoms with van der Waals surface area (Å²) in [6.45, 7) is 6.97. The van der Waals surface area contributed by atoms with Gasteiger partial charge < -0.3 is 11.1 Å². The molecule has 1 amide bonds. The van der Waals surface area contributed by atoms with Gasteiger partial charge in [0, 0.05) is 12.2 Å². The number of nitrogens with two attached hydrogens (primary N) is 1. The van der Waals surface area contributed by atoms with Crippen molar-refractivity contribution < 1.29 is 4.79 Å². The fourth-order valence-corrected chi connectivity index (χ4v) is 1.99. The molecule has 0 aromatic heterocycles. The predicted molar refractivity (Wildman–Crippen MR) is 74.5 cm³/mol. The lowest BCUT2D eigenvalue weighted by Gasteiger charge is -2.19. The third-order valence-corrected chi connectivity index (χ3v) is 3.73. The van der Waals surface area contributed by atoms with Gasteiger partial charge >= 0.3 is 0 Å². The molecule has 1 aliphatic carbocycles. The van der Waals surface area contributed by atoms with Crippen LogP contribution in [0.25, 0.3) is 0 Å². The van der Waals surface area contributed by atoms with Gasteiger partial charge in [-0.3, -0.25) is 4.79 Å². The number of carbonyl (C=O) groups excluding carboxylic acids is 1. The number of benzene rings is 1.